The Labute approximate surface area is 131 Å². The zero-order chi connectivity index (χ0) is 15.9. The molecule has 118 valence electrons. The van der Waals surface area contributed by atoms with E-state index >= 15 is 0 Å². The molecule has 0 aliphatic carbocycles. The minimum Gasteiger partial charge on any atom is -0.391 e. The van der Waals surface area contributed by atoms with Gasteiger partial charge in [0.15, 0.2) is 0 Å². The number of amides is 1. The summed E-state index contributed by atoms with van der Waals surface area (Å²) in [7, 11) is 0. The van der Waals surface area contributed by atoms with Crippen LogP contribution in [0.15, 0.2) is 42.7 Å². The minimum absolute atomic E-state index is 0.215. The van der Waals surface area contributed by atoms with Crippen molar-refractivity contribution in [1.82, 2.24) is 15.1 Å². The third-order valence-electron chi connectivity index (χ3n) is 3.93. The molecule has 2 rings (SSSR count). The van der Waals surface area contributed by atoms with Crippen molar-refractivity contribution in [3.8, 4) is 5.69 Å². The average Bonchev–Trinajstić information content (AvgIpc) is 3.04. The molecule has 0 radical (unpaired) electrons. The topological polar surface area (TPSA) is 67.2 Å². The van der Waals surface area contributed by atoms with Crippen LogP contribution in [0.3, 0.4) is 0 Å². The molecule has 0 aliphatic heterocycles. The number of hydrogen-bond donors (Lipinski definition) is 2. The lowest BCUT2D eigenvalue weighted by Crippen LogP contribution is -2.35. The van der Waals surface area contributed by atoms with Crippen molar-refractivity contribution in [2.24, 2.45) is 5.92 Å². The smallest absolute Gasteiger partial charge is 0.254 e. The van der Waals surface area contributed by atoms with Crippen molar-refractivity contribution in [1.29, 1.82) is 0 Å². The fraction of sp³-hybridized carbons (Fsp3) is 0.412. The minimum atomic E-state index is -0.511. The number of nitrogens with zero attached hydrogens (tertiary/aromatic N) is 2. The summed E-state index contributed by atoms with van der Waals surface area (Å²) < 4.78 is 1.66. The molecule has 1 heterocycles. The van der Waals surface area contributed by atoms with Crippen molar-refractivity contribution < 1.29 is 9.90 Å². The highest BCUT2D eigenvalue weighted by Crippen LogP contribution is 2.12. The van der Waals surface area contributed by atoms with Crippen molar-refractivity contribution in [2.45, 2.75) is 32.8 Å². The van der Waals surface area contributed by atoms with E-state index < -0.39 is 6.10 Å². The first-order valence-corrected chi connectivity index (χ1v) is 7.72. The van der Waals surface area contributed by atoms with Crippen LogP contribution in [0.4, 0.5) is 0 Å². The lowest BCUT2D eigenvalue weighted by molar-refractivity contribution is 0.0816. The summed E-state index contributed by atoms with van der Waals surface area (Å²) in [6, 6.07) is 9.61. The van der Waals surface area contributed by atoms with Gasteiger partial charge in [0, 0.05) is 12.7 Å². The summed E-state index contributed by atoms with van der Waals surface area (Å²) in [5, 5.41) is 17.0. The van der Waals surface area contributed by atoms with E-state index in [1.54, 1.807) is 10.9 Å². The van der Waals surface area contributed by atoms with Crippen molar-refractivity contribution >= 4 is 5.91 Å². The van der Waals surface area contributed by atoms with E-state index in [1.807, 2.05) is 44.2 Å². The lowest BCUT2D eigenvalue weighted by atomic mass is 9.96. The predicted molar refractivity (Wildman–Crippen MR) is 86.0 cm³/mol. The van der Waals surface area contributed by atoms with E-state index in [0.29, 0.717) is 5.56 Å². The molecule has 22 heavy (non-hydrogen) atoms. The maximum Gasteiger partial charge on any atom is 0.254 e. The number of hydrogen-bond acceptors (Lipinski definition) is 3. The Balaban J connectivity index is 1.95. The Kier molecular flexibility index (Phi) is 5.72. The van der Waals surface area contributed by atoms with Gasteiger partial charge in [0.1, 0.15) is 0 Å². The average molecular weight is 301 g/mol. The Morgan fingerprint density at radius 3 is 2.59 bits per heavy atom. The van der Waals surface area contributed by atoms with Gasteiger partial charge in [0.05, 0.1) is 23.6 Å². The van der Waals surface area contributed by atoms with Crippen LogP contribution in [-0.4, -0.2) is 33.4 Å². The number of rotatable bonds is 7. The first kappa shape index (κ1) is 16.2. The normalized spacial score (nSPS) is 12.4. The molecule has 1 aromatic heterocycles. The first-order chi connectivity index (χ1) is 10.7. The summed E-state index contributed by atoms with van der Waals surface area (Å²) in [6.45, 7) is 4.36. The van der Waals surface area contributed by atoms with Gasteiger partial charge in [0.2, 0.25) is 0 Å². The van der Waals surface area contributed by atoms with Gasteiger partial charge in [-0.3, -0.25) is 4.79 Å². The molecule has 1 atom stereocenters. The molecule has 1 amide bonds. The lowest BCUT2D eigenvalue weighted by Gasteiger charge is -2.20. The Bertz CT molecular complexity index is 591. The van der Waals surface area contributed by atoms with Crippen molar-refractivity contribution in [2.75, 3.05) is 6.54 Å². The third-order valence-corrected chi connectivity index (χ3v) is 3.93. The summed E-state index contributed by atoms with van der Waals surface area (Å²) >= 11 is 0. The van der Waals surface area contributed by atoms with Crippen LogP contribution in [0, 0.1) is 5.92 Å². The molecule has 0 fully saturated rings. The summed E-state index contributed by atoms with van der Waals surface area (Å²) in [5.74, 6) is -0.000436. The summed E-state index contributed by atoms with van der Waals surface area (Å²) in [4.78, 5) is 12.1. The number of nitrogens with one attached hydrogen (secondary N) is 1. The second kappa shape index (κ2) is 7.75. The monoisotopic (exact) mass is 301 g/mol. The van der Waals surface area contributed by atoms with Gasteiger partial charge < -0.3 is 10.4 Å². The summed E-state index contributed by atoms with van der Waals surface area (Å²) in [6.07, 6.45) is 4.52. The van der Waals surface area contributed by atoms with Gasteiger partial charge in [-0.05, 0) is 18.1 Å². The molecule has 2 aromatic rings. The highest BCUT2D eigenvalue weighted by atomic mass is 16.3. The SMILES string of the molecule is CCC(CC)C(O)CNC(=O)c1cnn(-c2ccccc2)c1. The van der Waals surface area contributed by atoms with Crippen LogP contribution in [0.2, 0.25) is 0 Å². The fourth-order valence-corrected chi connectivity index (χ4v) is 2.46. The Hall–Kier alpha value is -2.14. The number of benzene rings is 1. The first-order valence-electron chi connectivity index (χ1n) is 7.72. The largest absolute Gasteiger partial charge is 0.391 e. The molecule has 0 spiro atoms. The molecule has 0 aliphatic rings. The van der Waals surface area contributed by atoms with Gasteiger partial charge in [0.25, 0.3) is 5.91 Å². The van der Waals surface area contributed by atoms with E-state index in [4.69, 9.17) is 0 Å². The van der Waals surface area contributed by atoms with Gasteiger partial charge in [-0.2, -0.15) is 5.10 Å². The molecule has 2 N–H and O–H groups in total. The molecule has 5 nitrogen and oxygen atoms in total. The number of aliphatic hydroxyl groups excluding tert-OH is 1. The quantitative estimate of drug-likeness (QED) is 0.825. The molecule has 1 unspecified atom stereocenters. The van der Waals surface area contributed by atoms with E-state index in [0.717, 1.165) is 18.5 Å². The van der Waals surface area contributed by atoms with E-state index in [9.17, 15) is 9.90 Å². The zero-order valence-electron chi connectivity index (χ0n) is 13.1. The number of carbonyl (C=O) groups is 1. The molecule has 0 saturated heterocycles. The highest BCUT2D eigenvalue weighted by Gasteiger charge is 2.17. The standard InChI is InChI=1S/C17H23N3O2/c1-3-13(4-2)16(21)11-18-17(22)14-10-19-20(12-14)15-8-6-5-7-9-15/h5-10,12-13,16,21H,3-4,11H2,1-2H3,(H,18,22). The fourth-order valence-electron chi connectivity index (χ4n) is 2.46. The van der Waals surface area contributed by atoms with E-state index in [1.165, 1.54) is 6.20 Å². The zero-order valence-corrected chi connectivity index (χ0v) is 13.1. The van der Waals surface area contributed by atoms with Crippen LogP contribution >= 0.6 is 0 Å². The predicted octanol–water partition coefficient (Wildman–Crippen LogP) is 2.40. The summed E-state index contributed by atoms with van der Waals surface area (Å²) in [5.41, 5.74) is 1.39. The number of aromatic nitrogens is 2. The molecule has 0 saturated carbocycles. The number of aliphatic hydroxyl groups is 1. The molecular weight excluding hydrogens is 278 g/mol. The van der Waals surface area contributed by atoms with E-state index in [2.05, 4.69) is 10.4 Å². The number of carbonyl (C=O) groups excluding carboxylic acids is 1. The maximum absolute atomic E-state index is 12.1. The van der Waals surface area contributed by atoms with Gasteiger partial charge >= 0.3 is 0 Å². The van der Waals surface area contributed by atoms with Crippen LogP contribution < -0.4 is 5.32 Å². The molecule has 1 aromatic carbocycles. The van der Waals surface area contributed by atoms with E-state index in [-0.39, 0.29) is 18.4 Å². The van der Waals surface area contributed by atoms with Gasteiger partial charge in [-0.25, -0.2) is 4.68 Å². The van der Waals surface area contributed by atoms with Crippen LogP contribution in [0.25, 0.3) is 5.69 Å². The molecular formula is C17H23N3O2. The third kappa shape index (κ3) is 3.95. The Morgan fingerprint density at radius 1 is 1.27 bits per heavy atom. The maximum atomic E-state index is 12.1. The highest BCUT2D eigenvalue weighted by molar-refractivity contribution is 5.93. The van der Waals surface area contributed by atoms with Crippen LogP contribution in [0.1, 0.15) is 37.0 Å². The molecule has 5 heteroatoms. The Morgan fingerprint density at radius 2 is 1.95 bits per heavy atom. The van der Waals surface area contributed by atoms with Crippen LogP contribution in [-0.2, 0) is 0 Å². The molecule has 0 bridgehead atoms. The van der Waals surface area contributed by atoms with Gasteiger partial charge in [-0.15, -0.1) is 0 Å². The van der Waals surface area contributed by atoms with Gasteiger partial charge in [-0.1, -0.05) is 44.9 Å². The van der Waals surface area contributed by atoms with Crippen LogP contribution in [0.5, 0.6) is 0 Å². The van der Waals surface area contributed by atoms with Crippen molar-refractivity contribution in [3.63, 3.8) is 0 Å². The van der Waals surface area contributed by atoms with Crippen molar-refractivity contribution in [3.05, 3.63) is 48.3 Å². The second-order valence-corrected chi connectivity index (χ2v) is 5.36. The number of para-hydroxylation sites is 1. The second-order valence-electron chi connectivity index (χ2n) is 5.36.